The van der Waals surface area contributed by atoms with E-state index in [1.165, 1.54) is 6.20 Å². The molecule has 0 unspecified atom stereocenters. The molecule has 0 saturated carbocycles. The molecule has 1 heterocycles. The average Bonchev–Trinajstić information content (AvgIpc) is 2.62. The van der Waals surface area contributed by atoms with Gasteiger partial charge in [-0.05, 0) is 36.2 Å². The quantitative estimate of drug-likeness (QED) is 0.714. The van der Waals surface area contributed by atoms with E-state index in [1.54, 1.807) is 6.07 Å². The maximum Gasteiger partial charge on any atom is 0.149 e. The van der Waals surface area contributed by atoms with Crippen LogP contribution in [0.1, 0.15) is 18.1 Å². The fourth-order valence-corrected chi connectivity index (χ4v) is 2.61. The van der Waals surface area contributed by atoms with Crippen LogP contribution >= 0.6 is 0 Å². The predicted octanol–water partition coefficient (Wildman–Crippen LogP) is 4.66. The van der Waals surface area contributed by atoms with Crippen LogP contribution in [0.25, 0.3) is 10.9 Å². The SMILES string of the molecule is CCOCc1ccccc1CNc1ccnc2c(F)ccc(F)c12. The van der Waals surface area contributed by atoms with Crippen molar-refractivity contribution >= 4 is 16.6 Å². The van der Waals surface area contributed by atoms with Crippen molar-refractivity contribution < 1.29 is 13.5 Å². The van der Waals surface area contributed by atoms with Crippen LogP contribution in [0.5, 0.6) is 0 Å². The van der Waals surface area contributed by atoms with E-state index in [0.717, 1.165) is 23.3 Å². The molecular weight excluding hydrogens is 310 g/mol. The van der Waals surface area contributed by atoms with Crippen molar-refractivity contribution in [1.82, 2.24) is 4.98 Å². The third-order valence-corrected chi connectivity index (χ3v) is 3.84. The van der Waals surface area contributed by atoms with Gasteiger partial charge in [0.25, 0.3) is 0 Å². The number of nitrogens with one attached hydrogen (secondary N) is 1. The van der Waals surface area contributed by atoms with Gasteiger partial charge in [0.05, 0.1) is 12.0 Å². The first kappa shape index (κ1) is 16.3. The van der Waals surface area contributed by atoms with Crippen LogP contribution in [0.3, 0.4) is 0 Å². The molecule has 0 aliphatic carbocycles. The van der Waals surface area contributed by atoms with Gasteiger partial charge in [-0.3, -0.25) is 4.98 Å². The summed E-state index contributed by atoms with van der Waals surface area (Å²) in [5, 5.41) is 3.35. The number of nitrogens with zero attached hydrogens (tertiary/aromatic N) is 1. The van der Waals surface area contributed by atoms with Gasteiger partial charge in [-0.1, -0.05) is 24.3 Å². The first-order chi connectivity index (χ1) is 11.7. The molecular formula is C19H18F2N2O. The maximum atomic E-state index is 14.1. The minimum absolute atomic E-state index is 0.0302. The van der Waals surface area contributed by atoms with E-state index in [0.29, 0.717) is 25.4 Å². The summed E-state index contributed by atoms with van der Waals surface area (Å²) in [6.45, 7) is 3.59. The number of rotatable bonds is 6. The summed E-state index contributed by atoms with van der Waals surface area (Å²) in [5.74, 6) is -1.03. The van der Waals surface area contributed by atoms with E-state index in [1.807, 2.05) is 31.2 Å². The average molecular weight is 328 g/mol. The molecule has 0 amide bonds. The van der Waals surface area contributed by atoms with Crippen LogP contribution < -0.4 is 5.32 Å². The molecule has 0 aliphatic heterocycles. The van der Waals surface area contributed by atoms with Crippen LogP contribution in [0.4, 0.5) is 14.5 Å². The number of fused-ring (bicyclic) bond motifs is 1. The molecule has 2 aromatic carbocycles. The van der Waals surface area contributed by atoms with Gasteiger partial charge in [0.15, 0.2) is 0 Å². The third kappa shape index (κ3) is 3.36. The van der Waals surface area contributed by atoms with Gasteiger partial charge in [-0.15, -0.1) is 0 Å². The maximum absolute atomic E-state index is 14.1. The van der Waals surface area contributed by atoms with Crippen LogP contribution in [0.2, 0.25) is 0 Å². The lowest BCUT2D eigenvalue weighted by Gasteiger charge is -2.13. The number of hydrogen-bond acceptors (Lipinski definition) is 3. The molecule has 0 spiro atoms. The Hall–Kier alpha value is -2.53. The Morgan fingerprint density at radius 1 is 1.00 bits per heavy atom. The second-order valence-corrected chi connectivity index (χ2v) is 5.37. The molecule has 124 valence electrons. The minimum atomic E-state index is -0.535. The molecule has 3 rings (SSSR count). The molecule has 3 nitrogen and oxygen atoms in total. The zero-order valence-corrected chi connectivity index (χ0v) is 13.4. The van der Waals surface area contributed by atoms with Crippen molar-refractivity contribution in [2.75, 3.05) is 11.9 Å². The van der Waals surface area contributed by atoms with E-state index in [-0.39, 0.29) is 10.9 Å². The van der Waals surface area contributed by atoms with E-state index >= 15 is 0 Å². The lowest BCUT2D eigenvalue weighted by atomic mass is 10.1. The molecule has 1 N–H and O–H groups in total. The van der Waals surface area contributed by atoms with E-state index in [9.17, 15) is 8.78 Å². The van der Waals surface area contributed by atoms with E-state index in [4.69, 9.17) is 4.74 Å². The van der Waals surface area contributed by atoms with Gasteiger partial charge in [0, 0.05) is 25.0 Å². The van der Waals surface area contributed by atoms with Crippen molar-refractivity contribution in [3.8, 4) is 0 Å². The highest BCUT2D eigenvalue weighted by Crippen LogP contribution is 2.27. The Morgan fingerprint density at radius 3 is 2.54 bits per heavy atom. The standard InChI is InChI=1S/C19H18F2N2O/c1-2-24-12-14-6-4-3-5-13(14)11-23-17-9-10-22-19-16(21)8-7-15(20)18(17)19/h3-10H,2,11-12H2,1H3,(H,22,23). The topological polar surface area (TPSA) is 34.1 Å². The Kier molecular flexibility index (Phi) is 5.01. The molecule has 0 aliphatic rings. The normalized spacial score (nSPS) is 11.0. The van der Waals surface area contributed by atoms with Gasteiger partial charge in [0.2, 0.25) is 0 Å². The van der Waals surface area contributed by atoms with Crippen LogP contribution in [-0.4, -0.2) is 11.6 Å². The lowest BCUT2D eigenvalue weighted by molar-refractivity contribution is 0.133. The second kappa shape index (κ2) is 7.36. The van der Waals surface area contributed by atoms with Gasteiger partial charge in [0.1, 0.15) is 17.2 Å². The van der Waals surface area contributed by atoms with Gasteiger partial charge in [-0.2, -0.15) is 0 Å². The molecule has 0 radical (unpaired) electrons. The van der Waals surface area contributed by atoms with Gasteiger partial charge in [-0.25, -0.2) is 8.78 Å². The zero-order chi connectivity index (χ0) is 16.9. The Bertz CT molecular complexity index is 852. The smallest absolute Gasteiger partial charge is 0.149 e. The van der Waals surface area contributed by atoms with Crippen LogP contribution in [0, 0.1) is 11.6 Å². The fourth-order valence-electron chi connectivity index (χ4n) is 2.61. The number of benzene rings is 2. The predicted molar refractivity (Wildman–Crippen MR) is 90.8 cm³/mol. The summed E-state index contributed by atoms with van der Waals surface area (Å²) in [7, 11) is 0. The zero-order valence-electron chi connectivity index (χ0n) is 13.4. The van der Waals surface area contributed by atoms with Crippen LogP contribution in [0.15, 0.2) is 48.7 Å². The van der Waals surface area contributed by atoms with Crippen molar-refractivity contribution in [3.05, 3.63) is 71.4 Å². The number of ether oxygens (including phenoxy) is 1. The summed E-state index contributed by atoms with van der Waals surface area (Å²) in [6, 6.07) is 11.7. The summed E-state index contributed by atoms with van der Waals surface area (Å²) >= 11 is 0. The number of anilines is 1. The second-order valence-electron chi connectivity index (χ2n) is 5.37. The molecule has 1 aromatic heterocycles. The summed E-state index contributed by atoms with van der Waals surface area (Å²) in [4.78, 5) is 3.94. The van der Waals surface area contributed by atoms with E-state index in [2.05, 4.69) is 10.3 Å². The summed E-state index contributed by atoms with van der Waals surface area (Å²) in [5.41, 5.74) is 2.66. The Labute approximate surface area is 139 Å². The highest BCUT2D eigenvalue weighted by Gasteiger charge is 2.12. The first-order valence-electron chi connectivity index (χ1n) is 7.81. The highest BCUT2D eigenvalue weighted by atomic mass is 19.1. The van der Waals surface area contributed by atoms with Gasteiger partial charge < -0.3 is 10.1 Å². The third-order valence-electron chi connectivity index (χ3n) is 3.84. The van der Waals surface area contributed by atoms with Crippen molar-refractivity contribution in [3.63, 3.8) is 0 Å². The highest BCUT2D eigenvalue weighted by molar-refractivity contribution is 5.91. The largest absolute Gasteiger partial charge is 0.380 e. The van der Waals surface area contributed by atoms with Crippen LogP contribution in [-0.2, 0) is 17.9 Å². The molecule has 5 heteroatoms. The monoisotopic (exact) mass is 328 g/mol. The van der Waals surface area contributed by atoms with Gasteiger partial charge >= 0.3 is 0 Å². The minimum Gasteiger partial charge on any atom is -0.380 e. The summed E-state index contributed by atoms with van der Waals surface area (Å²) in [6.07, 6.45) is 1.47. The number of aromatic nitrogens is 1. The lowest BCUT2D eigenvalue weighted by Crippen LogP contribution is -2.05. The summed E-state index contributed by atoms with van der Waals surface area (Å²) < 4.78 is 33.4. The molecule has 24 heavy (non-hydrogen) atoms. The molecule has 0 atom stereocenters. The number of hydrogen-bond donors (Lipinski definition) is 1. The molecule has 0 saturated heterocycles. The molecule has 0 bridgehead atoms. The Balaban J connectivity index is 1.88. The van der Waals surface area contributed by atoms with Crippen molar-refractivity contribution in [2.24, 2.45) is 0 Å². The van der Waals surface area contributed by atoms with Crippen molar-refractivity contribution in [2.45, 2.75) is 20.1 Å². The number of halogens is 2. The molecule has 0 fully saturated rings. The molecule has 3 aromatic rings. The Morgan fingerprint density at radius 2 is 1.75 bits per heavy atom. The first-order valence-corrected chi connectivity index (χ1v) is 7.81. The van der Waals surface area contributed by atoms with E-state index < -0.39 is 11.6 Å². The number of pyridine rings is 1. The fraction of sp³-hybridized carbons (Fsp3) is 0.211. The van der Waals surface area contributed by atoms with Crippen molar-refractivity contribution in [1.29, 1.82) is 0 Å².